The van der Waals surface area contributed by atoms with Crippen molar-refractivity contribution in [2.45, 2.75) is 26.2 Å². The quantitative estimate of drug-likeness (QED) is 0.474. The molecule has 2 atom stereocenters. The van der Waals surface area contributed by atoms with Gasteiger partial charge in [-0.15, -0.1) is 0 Å². The molecule has 1 heterocycles. The molecule has 2 unspecified atom stereocenters. The van der Waals surface area contributed by atoms with Crippen molar-refractivity contribution in [2.75, 3.05) is 13.2 Å². The van der Waals surface area contributed by atoms with Gasteiger partial charge in [0.25, 0.3) is 0 Å². The van der Waals surface area contributed by atoms with Gasteiger partial charge in [0.05, 0.1) is 12.7 Å². The number of carbonyl (C=O) groups is 1. The summed E-state index contributed by atoms with van der Waals surface area (Å²) in [5.74, 6) is -0.442. The van der Waals surface area contributed by atoms with E-state index in [9.17, 15) is 4.79 Å². The van der Waals surface area contributed by atoms with E-state index >= 15 is 0 Å². The molecule has 0 radical (unpaired) electrons. The van der Waals surface area contributed by atoms with Crippen LogP contribution in [0.25, 0.3) is 0 Å². The zero-order valence-corrected chi connectivity index (χ0v) is 7.91. The molecule has 4 heteroatoms. The van der Waals surface area contributed by atoms with Gasteiger partial charge in [-0.25, -0.2) is 4.79 Å². The molecule has 0 aromatic carbocycles. The van der Waals surface area contributed by atoms with E-state index in [1.54, 1.807) is 6.92 Å². The van der Waals surface area contributed by atoms with Crippen molar-refractivity contribution < 1.29 is 19.0 Å². The normalized spacial score (nSPS) is 28.2. The molecule has 13 heavy (non-hydrogen) atoms. The second-order valence-corrected chi connectivity index (χ2v) is 3.09. The summed E-state index contributed by atoms with van der Waals surface area (Å²) in [6.07, 6.45) is -0.514. The van der Waals surface area contributed by atoms with E-state index in [-0.39, 0.29) is 6.10 Å². The molecule has 0 aromatic rings. The van der Waals surface area contributed by atoms with E-state index < -0.39 is 12.3 Å². The van der Waals surface area contributed by atoms with E-state index in [0.717, 1.165) is 0 Å². The Bertz CT molecular complexity index is 204. The van der Waals surface area contributed by atoms with Gasteiger partial charge < -0.3 is 14.2 Å². The second-order valence-electron chi connectivity index (χ2n) is 3.09. The van der Waals surface area contributed by atoms with Crippen molar-refractivity contribution in [3.8, 4) is 0 Å². The zero-order valence-electron chi connectivity index (χ0n) is 7.91. The first-order chi connectivity index (χ1) is 6.09. The van der Waals surface area contributed by atoms with Gasteiger partial charge in [-0.2, -0.15) is 0 Å². The van der Waals surface area contributed by atoms with Crippen LogP contribution >= 0.6 is 0 Å². The fourth-order valence-corrected chi connectivity index (χ4v) is 0.870. The number of ether oxygens (including phenoxy) is 3. The van der Waals surface area contributed by atoms with Crippen molar-refractivity contribution in [2.24, 2.45) is 0 Å². The topological polar surface area (TPSA) is 44.8 Å². The predicted octanol–water partition coefficient (Wildman–Crippen LogP) is 0.867. The second kappa shape index (κ2) is 4.39. The van der Waals surface area contributed by atoms with Gasteiger partial charge in [0.15, 0.2) is 0 Å². The van der Waals surface area contributed by atoms with Gasteiger partial charge >= 0.3 is 5.97 Å². The van der Waals surface area contributed by atoms with Crippen molar-refractivity contribution in [1.29, 1.82) is 0 Å². The van der Waals surface area contributed by atoms with E-state index in [2.05, 4.69) is 6.58 Å². The lowest BCUT2D eigenvalue weighted by molar-refractivity contribution is -0.226. The Labute approximate surface area is 77.5 Å². The van der Waals surface area contributed by atoms with Gasteiger partial charge in [-0.3, -0.25) is 0 Å². The summed E-state index contributed by atoms with van der Waals surface area (Å²) < 4.78 is 15.4. The number of hydrogen-bond acceptors (Lipinski definition) is 4. The fourth-order valence-electron chi connectivity index (χ4n) is 0.870. The fraction of sp³-hybridized carbons (Fsp3) is 0.667. The van der Waals surface area contributed by atoms with Crippen LogP contribution in [0.1, 0.15) is 13.8 Å². The van der Waals surface area contributed by atoms with E-state index in [0.29, 0.717) is 18.8 Å². The van der Waals surface area contributed by atoms with Gasteiger partial charge in [0.2, 0.25) is 6.29 Å². The minimum atomic E-state index is -0.583. The Morgan fingerprint density at radius 1 is 1.46 bits per heavy atom. The third kappa shape index (κ3) is 3.16. The van der Waals surface area contributed by atoms with Crippen LogP contribution in [0, 0.1) is 0 Å². The monoisotopic (exact) mass is 186 g/mol. The highest BCUT2D eigenvalue weighted by Crippen LogP contribution is 2.09. The van der Waals surface area contributed by atoms with Crippen molar-refractivity contribution in [3.63, 3.8) is 0 Å². The first-order valence-electron chi connectivity index (χ1n) is 4.19. The van der Waals surface area contributed by atoms with Gasteiger partial charge in [-0.1, -0.05) is 6.58 Å². The third-order valence-electron chi connectivity index (χ3n) is 1.62. The molecule has 1 fully saturated rings. The number of carbonyl (C=O) groups excluding carboxylic acids is 1. The summed E-state index contributed by atoms with van der Waals surface area (Å²) in [5.41, 5.74) is 0.363. The minimum absolute atomic E-state index is 0.0692. The lowest BCUT2D eigenvalue weighted by Crippen LogP contribution is -2.37. The molecular weight excluding hydrogens is 172 g/mol. The first-order valence-corrected chi connectivity index (χ1v) is 4.19. The summed E-state index contributed by atoms with van der Waals surface area (Å²) >= 11 is 0. The Morgan fingerprint density at radius 3 is 2.62 bits per heavy atom. The summed E-state index contributed by atoms with van der Waals surface area (Å²) in [7, 11) is 0. The van der Waals surface area contributed by atoms with E-state index in [4.69, 9.17) is 14.2 Å². The molecule has 1 rings (SSSR count). The number of rotatable bonds is 2. The van der Waals surface area contributed by atoms with Crippen molar-refractivity contribution in [1.82, 2.24) is 0 Å². The molecule has 0 aliphatic carbocycles. The standard InChI is InChI=1S/C9H14O4/c1-6(2)9(10)13-8-5-11-7(3)4-12-8/h7-8H,1,4-5H2,2-3H3. The predicted molar refractivity (Wildman–Crippen MR) is 46.1 cm³/mol. The van der Waals surface area contributed by atoms with Crippen LogP contribution in [0.3, 0.4) is 0 Å². The van der Waals surface area contributed by atoms with Crippen LogP contribution in [0.15, 0.2) is 12.2 Å². The lowest BCUT2D eigenvalue weighted by Gasteiger charge is -2.26. The summed E-state index contributed by atoms with van der Waals surface area (Å²) in [6, 6.07) is 0. The Morgan fingerprint density at radius 2 is 2.15 bits per heavy atom. The Balaban J connectivity index is 2.30. The van der Waals surface area contributed by atoms with E-state index in [1.807, 2.05) is 6.92 Å². The summed E-state index contributed by atoms with van der Waals surface area (Å²) in [5, 5.41) is 0. The van der Waals surface area contributed by atoms with Gasteiger partial charge in [-0.05, 0) is 13.8 Å². The van der Waals surface area contributed by atoms with Crippen LogP contribution in [-0.4, -0.2) is 31.6 Å². The SMILES string of the molecule is C=C(C)C(=O)OC1COC(C)CO1. The Hall–Kier alpha value is -0.870. The number of hydrogen-bond donors (Lipinski definition) is 0. The molecular formula is C9H14O4. The van der Waals surface area contributed by atoms with Crippen molar-refractivity contribution >= 4 is 5.97 Å². The molecule has 0 spiro atoms. The van der Waals surface area contributed by atoms with Crippen LogP contribution in [0.5, 0.6) is 0 Å². The Kier molecular flexibility index (Phi) is 3.45. The van der Waals surface area contributed by atoms with Crippen LogP contribution in [-0.2, 0) is 19.0 Å². The summed E-state index contributed by atoms with van der Waals surface area (Å²) in [4.78, 5) is 11.0. The highest BCUT2D eigenvalue weighted by atomic mass is 16.7. The highest BCUT2D eigenvalue weighted by Gasteiger charge is 2.22. The minimum Gasteiger partial charge on any atom is -0.430 e. The maximum absolute atomic E-state index is 11.0. The molecule has 0 amide bonds. The van der Waals surface area contributed by atoms with Crippen LogP contribution in [0.2, 0.25) is 0 Å². The van der Waals surface area contributed by atoms with Gasteiger partial charge in [0.1, 0.15) is 6.61 Å². The third-order valence-corrected chi connectivity index (χ3v) is 1.62. The highest BCUT2D eigenvalue weighted by molar-refractivity contribution is 5.87. The average molecular weight is 186 g/mol. The molecule has 4 nitrogen and oxygen atoms in total. The molecule has 0 bridgehead atoms. The molecule has 1 saturated heterocycles. The smallest absolute Gasteiger partial charge is 0.335 e. The molecule has 0 N–H and O–H groups in total. The van der Waals surface area contributed by atoms with Gasteiger partial charge in [0, 0.05) is 5.57 Å². The molecule has 0 aromatic heterocycles. The average Bonchev–Trinajstić information content (AvgIpc) is 2.08. The first kappa shape index (κ1) is 10.2. The maximum Gasteiger partial charge on any atom is 0.335 e. The maximum atomic E-state index is 11.0. The molecule has 1 aliphatic rings. The molecule has 0 saturated carbocycles. The number of esters is 1. The largest absolute Gasteiger partial charge is 0.430 e. The molecule has 74 valence electrons. The van der Waals surface area contributed by atoms with Crippen LogP contribution < -0.4 is 0 Å². The van der Waals surface area contributed by atoms with E-state index in [1.165, 1.54) is 0 Å². The molecule has 1 aliphatic heterocycles. The summed E-state index contributed by atoms with van der Waals surface area (Å²) in [6.45, 7) is 7.70. The van der Waals surface area contributed by atoms with Crippen LogP contribution in [0.4, 0.5) is 0 Å². The lowest BCUT2D eigenvalue weighted by atomic mass is 10.3. The zero-order chi connectivity index (χ0) is 9.84. The van der Waals surface area contributed by atoms with Crippen molar-refractivity contribution in [3.05, 3.63) is 12.2 Å².